The fraction of sp³-hybridized carbons (Fsp3) is 0.158. The van der Waals surface area contributed by atoms with Crippen LogP contribution in [0.4, 0.5) is 5.82 Å². The molecule has 0 aliphatic carbocycles. The van der Waals surface area contributed by atoms with Crippen molar-refractivity contribution >= 4 is 23.5 Å². The Bertz CT molecular complexity index is 914. The van der Waals surface area contributed by atoms with E-state index in [4.69, 9.17) is 0 Å². The third-order valence-electron chi connectivity index (χ3n) is 3.70. The maximum absolute atomic E-state index is 12.4. The van der Waals surface area contributed by atoms with E-state index in [1.165, 1.54) is 28.1 Å². The van der Waals surface area contributed by atoms with Gasteiger partial charge in [0.15, 0.2) is 0 Å². The average molecular weight is 353 g/mol. The number of carbonyl (C=O) groups excluding carboxylic acids is 1. The number of nitrogens with zero attached hydrogens (tertiary/aromatic N) is 1. The van der Waals surface area contributed by atoms with Gasteiger partial charge in [0.2, 0.25) is 5.91 Å². The van der Waals surface area contributed by atoms with Crippen LogP contribution in [0.15, 0.2) is 70.4 Å². The number of hydrogen-bond donors (Lipinski definition) is 2. The third kappa shape index (κ3) is 4.22. The van der Waals surface area contributed by atoms with E-state index in [2.05, 4.69) is 10.4 Å². The van der Waals surface area contributed by atoms with Crippen LogP contribution in [0.2, 0.25) is 0 Å². The molecule has 1 unspecified atom stereocenters. The summed E-state index contributed by atoms with van der Waals surface area (Å²) in [6, 6.07) is 18.6. The first kappa shape index (κ1) is 17.1. The van der Waals surface area contributed by atoms with Gasteiger partial charge in [0, 0.05) is 11.0 Å². The van der Waals surface area contributed by atoms with E-state index >= 15 is 0 Å². The smallest absolute Gasteiger partial charge is 0.273 e. The number of thioether (sulfide) groups is 1. The van der Waals surface area contributed by atoms with E-state index in [9.17, 15) is 9.59 Å². The van der Waals surface area contributed by atoms with Gasteiger partial charge in [0.1, 0.15) is 5.82 Å². The van der Waals surface area contributed by atoms with Gasteiger partial charge in [-0.15, -0.1) is 11.8 Å². The van der Waals surface area contributed by atoms with Gasteiger partial charge in [-0.1, -0.05) is 35.9 Å². The Labute approximate surface area is 150 Å². The Morgan fingerprint density at radius 2 is 1.80 bits per heavy atom. The van der Waals surface area contributed by atoms with E-state index in [1.54, 1.807) is 0 Å². The summed E-state index contributed by atoms with van der Waals surface area (Å²) >= 11 is 1.48. The summed E-state index contributed by atoms with van der Waals surface area (Å²) in [5.41, 5.74) is 1.68. The van der Waals surface area contributed by atoms with E-state index in [0.717, 1.165) is 10.6 Å². The molecule has 3 aromatic rings. The number of hydrogen-bond acceptors (Lipinski definition) is 3. The van der Waals surface area contributed by atoms with Gasteiger partial charge in [-0.3, -0.25) is 14.7 Å². The largest absolute Gasteiger partial charge is 0.310 e. The molecule has 0 saturated heterocycles. The highest BCUT2D eigenvalue weighted by Gasteiger charge is 2.16. The Morgan fingerprint density at radius 3 is 2.48 bits per heavy atom. The Morgan fingerprint density at radius 1 is 1.12 bits per heavy atom. The van der Waals surface area contributed by atoms with Crippen LogP contribution in [0.1, 0.15) is 12.5 Å². The molecule has 1 atom stereocenters. The monoisotopic (exact) mass is 353 g/mol. The first-order chi connectivity index (χ1) is 12.0. The molecule has 1 aromatic heterocycles. The lowest BCUT2D eigenvalue weighted by Gasteiger charge is -2.11. The number of para-hydroxylation sites is 1. The number of rotatable bonds is 5. The summed E-state index contributed by atoms with van der Waals surface area (Å²) in [5, 5.41) is 5.40. The van der Waals surface area contributed by atoms with E-state index in [1.807, 2.05) is 68.4 Å². The molecule has 0 fully saturated rings. The molecule has 0 aliphatic heterocycles. The van der Waals surface area contributed by atoms with E-state index < -0.39 is 0 Å². The Hall–Kier alpha value is -2.73. The molecular formula is C19H19N3O2S. The molecule has 1 amide bonds. The Kier molecular flexibility index (Phi) is 5.09. The van der Waals surface area contributed by atoms with Crippen LogP contribution in [-0.2, 0) is 4.79 Å². The first-order valence-corrected chi connectivity index (χ1v) is 8.82. The highest BCUT2D eigenvalue weighted by Crippen LogP contribution is 2.24. The average Bonchev–Trinajstić information content (AvgIpc) is 2.98. The van der Waals surface area contributed by atoms with Crippen LogP contribution in [-0.4, -0.2) is 20.9 Å². The van der Waals surface area contributed by atoms with Crippen molar-refractivity contribution in [3.05, 3.63) is 76.6 Å². The van der Waals surface area contributed by atoms with Gasteiger partial charge in [-0.2, -0.15) is 0 Å². The van der Waals surface area contributed by atoms with Crippen LogP contribution in [0.3, 0.4) is 0 Å². The summed E-state index contributed by atoms with van der Waals surface area (Å²) in [4.78, 5) is 25.5. The molecule has 25 heavy (non-hydrogen) atoms. The molecule has 128 valence electrons. The summed E-state index contributed by atoms with van der Waals surface area (Å²) in [6.45, 7) is 3.87. The predicted octanol–water partition coefficient (Wildman–Crippen LogP) is 3.59. The molecule has 2 aromatic carbocycles. The number of anilines is 1. The number of aryl methyl sites for hydroxylation is 1. The number of aromatic amines is 1. The van der Waals surface area contributed by atoms with E-state index in [0.29, 0.717) is 5.82 Å². The van der Waals surface area contributed by atoms with Gasteiger partial charge in [0.25, 0.3) is 5.56 Å². The minimum absolute atomic E-state index is 0.160. The lowest BCUT2D eigenvalue weighted by molar-refractivity contribution is -0.115. The van der Waals surface area contributed by atoms with Crippen molar-refractivity contribution in [1.29, 1.82) is 0 Å². The summed E-state index contributed by atoms with van der Waals surface area (Å²) < 4.78 is 1.40. The summed E-state index contributed by atoms with van der Waals surface area (Å²) in [5.74, 6) is 0.224. The molecule has 0 radical (unpaired) electrons. The number of carbonyl (C=O) groups is 1. The number of aromatic nitrogens is 2. The first-order valence-electron chi connectivity index (χ1n) is 7.94. The maximum Gasteiger partial charge on any atom is 0.273 e. The minimum Gasteiger partial charge on any atom is -0.310 e. The van der Waals surface area contributed by atoms with E-state index in [-0.39, 0.29) is 16.7 Å². The van der Waals surface area contributed by atoms with Crippen LogP contribution in [0.25, 0.3) is 5.69 Å². The SMILES string of the molecule is Cc1ccc(SC(C)C(=O)Nc2cc(=O)n(-c3ccccc3)[nH]2)cc1. The van der Waals surface area contributed by atoms with Gasteiger partial charge in [0.05, 0.1) is 10.9 Å². The van der Waals surface area contributed by atoms with Crippen LogP contribution in [0, 0.1) is 6.92 Å². The zero-order chi connectivity index (χ0) is 17.8. The third-order valence-corrected chi connectivity index (χ3v) is 4.81. The number of nitrogens with one attached hydrogen (secondary N) is 2. The highest BCUT2D eigenvalue weighted by atomic mass is 32.2. The molecular weight excluding hydrogens is 334 g/mol. The van der Waals surface area contributed by atoms with Gasteiger partial charge in [-0.05, 0) is 38.1 Å². The zero-order valence-corrected chi connectivity index (χ0v) is 14.8. The second-order valence-corrected chi connectivity index (χ2v) is 7.16. The standard InChI is InChI=1S/C19H19N3O2S/c1-13-8-10-16(11-9-13)25-14(2)19(24)20-17-12-18(23)22(21-17)15-6-4-3-5-7-15/h3-12,14,21H,1-2H3,(H,20,24). The second-order valence-electron chi connectivity index (χ2n) is 5.74. The molecule has 0 spiro atoms. The lowest BCUT2D eigenvalue weighted by atomic mass is 10.2. The molecule has 0 saturated carbocycles. The molecule has 3 rings (SSSR count). The van der Waals surface area contributed by atoms with Crippen molar-refractivity contribution < 1.29 is 4.79 Å². The second kappa shape index (κ2) is 7.44. The lowest BCUT2D eigenvalue weighted by Crippen LogP contribution is -2.22. The van der Waals surface area contributed by atoms with Gasteiger partial charge in [-0.25, -0.2) is 4.68 Å². The fourth-order valence-electron chi connectivity index (χ4n) is 2.34. The van der Waals surface area contributed by atoms with Gasteiger partial charge >= 0.3 is 0 Å². The zero-order valence-electron chi connectivity index (χ0n) is 14.0. The normalized spacial score (nSPS) is 11.9. The van der Waals surface area contributed by atoms with Crippen molar-refractivity contribution in [3.8, 4) is 5.69 Å². The quantitative estimate of drug-likeness (QED) is 0.689. The molecule has 6 heteroatoms. The molecule has 0 bridgehead atoms. The van der Waals surface area contributed by atoms with Crippen molar-refractivity contribution in [3.63, 3.8) is 0 Å². The Balaban J connectivity index is 1.68. The molecule has 0 aliphatic rings. The van der Waals surface area contributed by atoms with Crippen molar-refractivity contribution in [2.75, 3.05) is 5.32 Å². The highest BCUT2D eigenvalue weighted by molar-refractivity contribution is 8.00. The van der Waals surface area contributed by atoms with Crippen molar-refractivity contribution in [2.24, 2.45) is 0 Å². The van der Waals surface area contributed by atoms with Crippen LogP contribution in [0.5, 0.6) is 0 Å². The summed E-state index contributed by atoms with van der Waals surface area (Å²) in [7, 11) is 0. The van der Waals surface area contributed by atoms with Gasteiger partial charge < -0.3 is 5.32 Å². The maximum atomic E-state index is 12.4. The number of H-pyrrole nitrogens is 1. The van der Waals surface area contributed by atoms with Crippen LogP contribution < -0.4 is 10.9 Å². The van der Waals surface area contributed by atoms with Crippen molar-refractivity contribution in [1.82, 2.24) is 9.78 Å². The topological polar surface area (TPSA) is 66.9 Å². The number of benzene rings is 2. The molecule has 1 heterocycles. The fourth-order valence-corrected chi connectivity index (χ4v) is 3.21. The summed E-state index contributed by atoms with van der Waals surface area (Å²) in [6.07, 6.45) is 0. The van der Waals surface area contributed by atoms with Crippen LogP contribution >= 0.6 is 11.8 Å². The van der Waals surface area contributed by atoms with Crippen molar-refractivity contribution in [2.45, 2.75) is 24.0 Å². The minimum atomic E-state index is -0.286. The molecule has 2 N–H and O–H groups in total. The molecule has 5 nitrogen and oxygen atoms in total. The number of amides is 1. The predicted molar refractivity (Wildman–Crippen MR) is 102 cm³/mol.